The SMILES string of the molecule is CCN1C(=O)N(Cc2ccc(F)c(C#N)c2)C(Cc2ccccc2)C2OC(C)(C)OC2C1Cc1ccccc1. The predicted octanol–water partition coefficient (Wildman–Crippen LogP) is 5.70. The zero-order valence-electron chi connectivity index (χ0n) is 22.6. The van der Waals surface area contributed by atoms with Crippen LogP contribution in [-0.4, -0.2) is 52.5 Å². The first-order valence-corrected chi connectivity index (χ1v) is 13.5. The number of ether oxygens (including phenoxy) is 2. The molecular formula is C32H34FN3O3. The fourth-order valence-corrected chi connectivity index (χ4v) is 5.89. The molecule has 6 nitrogen and oxygen atoms in total. The van der Waals surface area contributed by atoms with E-state index in [4.69, 9.17) is 9.47 Å². The summed E-state index contributed by atoms with van der Waals surface area (Å²) in [6.07, 6.45) is 0.438. The van der Waals surface area contributed by atoms with Crippen molar-refractivity contribution in [3.63, 3.8) is 0 Å². The molecule has 3 aromatic rings. The van der Waals surface area contributed by atoms with Crippen LogP contribution in [-0.2, 0) is 28.9 Å². The van der Waals surface area contributed by atoms with Gasteiger partial charge in [-0.2, -0.15) is 5.26 Å². The van der Waals surface area contributed by atoms with E-state index in [0.29, 0.717) is 24.9 Å². The third kappa shape index (κ3) is 5.68. The molecule has 39 heavy (non-hydrogen) atoms. The largest absolute Gasteiger partial charge is 0.342 e. The van der Waals surface area contributed by atoms with E-state index in [2.05, 4.69) is 12.1 Å². The Kier molecular flexibility index (Phi) is 7.69. The molecule has 7 heteroatoms. The van der Waals surface area contributed by atoms with Gasteiger partial charge in [-0.15, -0.1) is 0 Å². The highest BCUT2D eigenvalue weighted by Gasteiger charge is 2.55. The molecule has 2 saturated heterocycles. The average Bonchev–Trinajstić information content (AvgIpc) is 3.24. The Labute approximate surface area is 229 Å². The third-order valence-electron chi connectivity index (χ3n) is 7.63. The summed E-state index contributed by atoms with van der Waals surface area (Å²) >= 11 is 0. The Morgan fingerprint density at radius 3 is 1.90 bits per heavy atom. The second-order valence-corrected chi connectivity index (χ2v) is 10.7. The molecular weight excluding hydrogens is 493 g/mol. The number of carbonyl (C=O) groups excluding carboxylic acids is 1. The minimum Gasteiger partial charge on any atom is -0.342 e. The summed E-state index contributed by atoms with van der Waals surface area (Å²) in [5, 5.41) is 9.41. The van der Waals surface area contributed by atoms with E-state index in [9.17, 15) is 14.4 Å². The van der Waals surface area contributed by atoms with Crippen molar-refractivity contribution in [2.45, 2.75) is 70.2 Å². The Bertz CT molecular complexity index is 1340. The predicted molar refractivity (Wildman–Crippen MR) is 146 cm³/mol. The monoisotopic (exact) mass is 527 g/mol. The number of fused-ring (bicyclic) bond motifs is 1. The normalized spacial score (nSPS) is 24.2. The fourth-order valence-electron chi connectivity index (χ4n) is 5.89. The molecule has 2 fully saturated rings. The van der Waals surface area contributed by atoms with E-state index in [0.717, 1.165) is 11.1 Å². The molecule has 3 aromatic carbocycles. The number of likely N-dealkylation sites (N-methyl/N-ethyl adjacent to an activating group) is 1. The number of rotatable bonds is 7. The minimum atomic E-state index is -0.825. The molecule has 202 valence electrons. The van der Waals surface area contributed by atoms with Gasteiger partial charge in [0.15, 0.2) is 5.79 Å². The maximum absolute atomic E-state index is 14.4. The zero-order chi connectivity index (χ0) is 27.6. The lowest BCUT2D eigenvalue weighted by Crippen LogP contribution is -2.51. The number of nitrogens with zero attached hydrogens (tertiary/aromatic N) is 3. The van der Waals surface area contributed by atoms with Gasteiger partial charge in [0, 0.05) is 13.1 Å². The average molecular weight is 528 g/mol. The number of amides is 2. The second kappa shape index (κ2) is 11.2. The van der Waals surface area contributed by atoms with Crippen LogP contribution in [0.15, 0.2) is 78.9 Å². The number of hydrogen-bond donors (Lipinski definition) is 0. The van der Waals surface area contributed by atoms with Gasteiger partial charge < -0.3 is 19.3 Å². The molecule has 0 bridgehead atoms. The van der Waals surface area contributed by atoms with Gasteiger partial charge in [0.2, 0.25) is 0 Å². The van der Waals surface area contributed by atoms with Crippen molar-refractivity contribution in [3.05, 3.63) is 107 Å². The van der Waals surface area contributed by atoms with Crippen LogP contribution in [0.1, 0.15) is 43.0 Å². The van der Waals surface area contributed by atoms with E-state index in [1.807, 2.05) is 85.2 Å². The molecule has 0 N–H and O–H groups in total. The van der Waals surface area contributed by atoms with Crippen molar-refractivity contribution in [3.8, 4) is 6.07 Å². The number of halogens is 1. The Morgan fingerprint density at radius 2 is 1.38 bits per heavy atom. The smallest absolute Gasteiger partial charge is 0.321 e. The zero-order valence-corrected chi connectivity index (χ0v) is 22.6. The lowest BCUT2D eigenvalue weighted by molar-refractivity contribution is -0.157. The van der Waals surface area contributed by atoms with Crippen LogP contribution in [0.3, 0.4) is 0 Å². The van der Waals surface area contributed by atoms with Crippen molar-refractivity contribution < 1.29 is 18.7 Å². The Morgan fingerprint density at radius 1 is 0.846 bits per heavy atom. The topological polar surface area (TPSA) is 65.8 Å². The van der Waals surface area contributed by atoms with Crippen molar-refractivity contribution in [2.75, 3.05) is 6.54 Å². The second-order valence-electron chi connectivity index (χ2n) is 10.7. The van der Waals surface area contributed by atoms with Crippen molar-refractivity contribution in [1.29, 1.82) is 5.26 Å². The number of urea groups is 1. The first kappa shape index (κ1) is 26.9. The summed E-state index contributed by atoms with van der Waals surface area (Å²) in [5.41, 5.74) is 2.84. The van der Waals surface area contributed by atoms with Gasteiger partial charge in [0.05, 0.1) is 17.6 Å². The molecule has 5 rings (SSSR count). The number of hydrogen-bond acceptors (Lipinski definition) is 4. The molecule has 0 radical (unpaired) electrons. The van der Waals surface area contributed by atoms with Gasteiger partial charge in [0.1, 0.15) is 24.1 Å². The lowest BCUT2D eigenvalue weighted by atomic mass is 9.91. The summed E-state index contributed by atoms with van der Waals surface area (Å²) < 4.78 is 27.3. The maximum Gasteiger partial charge on any atom is 0.321 e. The maximum atomic E-state index is 14.4. The number of benzene rings is 3. The summed E-state index contributed by atoms with van der Waals surface area (Å²) in [5.74, 6) is -1.40. The fraction of sp³-hybridized carbons (Fsp3) is 0.375. The quantitative estimate of drug-likeness (QED) is 0.396. The van der Waals surface area contributed by atoms with E-state index < -0.39 is 17.7 Å². The van der Waals surface area contributed by atoms with E-state index in [-0.39, 0.29) is 36.3 Å². The summed E-state index contributed by atoms with van der Waals surface area (Å²) in [4.78, 5) is 18.1. The molecule has 0 aromatic heterocycles. The van der Waals surface area contributed by atoms with Gasteiger partial charge in [-0.05, 0) is 62.4 Å². The van der Waals surface area contributed by atoms with E-state index in [1.165, 1.54) is 12.1 Å². The summed E-state index contributed by atoms with van der Waals surface area (Å²) in [6.45, 7) is 6.52. The van der Waals surface area contributed by atoms with Crippen molar-refractivity contribution in [2.24, 2.45) is 0 Å². The Hall–Kier alpha value is -3.73. The van der Waals surface area contributed by atoms with Gasteiger partial charge in [-0.25, -0.2) is 9.18 Å². The van der Waals surface area contributed by atoms with Crippen molar-refractivity contribution in [1.82, 2.24) is 9.80 Å². The summed E-state index contributed by atoms with van der Waals surface area (Å²) in [6, 6.07) is 25.8. The summed E-state index contributed by atoms with van der Waals surface area (Å²) in [7, 11) is 0. The molecule has 2 aliphatic heterocycles. The third-order valence-corrected chi connectivity index (χ3v) is 7.63. The first-order valence-electron chi connectivity index (χ1n) is 13.5. The van der Waals surface area contributed by atoms with E-state index >= 15 is 0 Å². The van der Waals surface area contributed by atoms with E-state index in [1.54, 1.807) is 6.07 Å². The first-order chi connectivity index (χ1) is 18.8. The number of carbonyl (C=O) groups is 1. The van der Waals surface area contributed by atoms with Crippen LogP contribution in [0.25, 0.3) is 0 Å². The van der Waals surface area contributed by atoms with Gasteiger partial charge in [-0.1, -0.05) is 66.7 Å². The molecule has 0 saturated carbocycles. The van der Waals surface area contributed by atoms with Crippen molar-refractivity contribution >= 4 is 6.03 Å². The highest BCUT2D eigenvalue weighted by atomic mass is 19.1. The highest BCUT2D eigenvalue weighted by molar-refractivity contribution is 5.76. The Balaban J connectivity index is 1.60. The van der Waals surface area contributed by atoms with Gasteiger partial charge in [-0.3, -0.25) is 0 Å². The van der Waals surface area contributed by atoms with Crippen LogP contribution < -0.4 is 0 Å². The van der Waals surface area contributed by atoms with Crippen LogP contribution in [0.5, 0.6) is 0 Å². The van der Waals surface area contributed by atoms with Crippen LogP contribution >= 0.6 is 0 Å². The van der Waals surface area contributed by atoms with Crippen LogP contribution in [0.4, 0.5) is 9.18 Å². The highest BCUT2D eigenvalue weighted by Crippen LogP contribution is 2.40. The van der Waals surface area contributed by atoms with Crippen LogP contribution in [0, 0.1) is 17.1 Å². The molecule has 4 unspecified atom stereocenters. The molecule has 2 aliphatic rings. The molecule has 2 heterocycles. The standard InChI is InChI=1S/C32H34FN3O3/c1-4-35-27(18-22-11-7-5-8-12-22)29-30(39-32(2,3)38-29)28(19-23-13-9-6-10-14-23)36(31(35)37)21-24-15-16-26(33)25(17-24)20-34/h5-17,27-30H,4,18-19,21H2,1-3H3. The van der Waals surface area contributed by atoms with Gasteiger partial charge in [0.25, 0.3) is 0 Å². The number of nitriles is 1. The van der Waals surface area contributed by atoms with Crippen LogP contribution in [0.2, 0.25) is 0 Å². The molecule has 4 atom stereocenters. The lowest BCUT2D eigenvalue weighted by Gasteiger charge is -2.37. The molecule has 0 aliphatic carbocycles. The molecule has 0 spiro atoms. The minimum absolute atomic E-state index is 0.0388. The molecule has 2 amide bonds. The van der Waals surface area contributed by atoms with Gasteiger partial charge >= 0.3 is 6.03 Å².